The molecule has 0 N–H and O–H groups in total. The number of carbonyl (C=O) groups excluding carboxylic acids is 2. The van der Waals surface area contributed by atoms with Crippen LogP contribution in [0.5, 0.6) is 0 Å². The van der Waals surface area contributed by atoms with Gasteiger partial charge in [0.15, 0.2) is 0 Å². The van der Waals surface area contributed by atoms with Crippen molar-refractivity contribution < 1.29 is 66.9 Å². The van der Waals surface area contributed by atoms with Crippen molar-refractivity contribution in [3.05, 3.63) is 115 Å². The van der Waals surface area contributed by atoms with Crippen molar-refractivity contribution >= 4 is 29.0 Å². The quantitative estimate of drug-likeness (QED) is 0.147. The number of para-hydroxylation sites is 2. The topological polar surface area (TPSA) is 127 Å². The van der Waals surface area contributed by atoms with E-state index in [4.69, 9.17) is 0 Å². The number of nitro groups is 2. The molecule has 0 fully saturated rings. The summed E-state index contributed by atoms with van der Waals surface area (Å²) in [6.45, 7) is 12.7. The lowest BCUT2D eigenvalue weighted by atomic mass is 10.0. The highest BCUT2D eigenvalue weighted by Gasteiger charge is 2.39. The summed E-state index contributed by atoms with van der Waals surface area (Å²) in [7, 11) is 0. The van der Waals surface area contributed by atoms with Gasteiger partial charge in [-0.1, -0.05) is 48.5 Å². The van der Waals surface area contributed by atoms with Crippen LogP contribution in [0.4, 0.5) is 16.2 Å². The average molecular weight is 888 g/mol. The monoisotopic (exact) mass is 885 g/mol. The fourth-order valence-electron chi connectivity index (χ4n) is 8.20. The third-order valence-electron chi connectivity index (χ3n) is 11.4. The van der Waals surface area contributed by atoms with E-state index in [1.54, 1.807) is 28.8 Å². The predicted octanol–water partition coefficient (Wildman–Crippen LogP) is 1.76. The number of imide groups is 1. The molecule has 2 atom stereocenters. The van der Waals surface area contributed by atoms with Crippen molar-refractivity contribution in [1.29, 1.82) is 0 Å². The molecule has 55 heavy (non-hydrogen) atoms. The van der Waals surface area contributed by atoms with Gasteiger partial charge in [0.05, 0.1) is 66.0 Å². The second-order valence-electron chi connectivity index (χ2n) is 15.0. The van der Waals surface area contributed by atoms with E-state index in [0.717, 1.165) is 80.7 Å². The molecule has 0 radical (unpaired) electrons. The fraction of sp³-hybridized carbons (Fsp3) is 0.488. The molecular formula is C41H55Br2N6O6+. The number of rotatable bonds is 8. The summed E-state index contributed by atoms with van der Waals surface area (Å²) in [5.41, 5.74) is 4.77. The molecule has 3 amide bonds. The lowest BCUT2D eigenvalue weighted by molar-refractivity contribution is -0.952. The Bertz CT molecular complexity index is 1840. The Balaban J connectivity index is 0.00000406. The number of nitro benzene ring substituents is 2. The maximum Gasteiger partial charge on any atom is 0.500 e. The van der Waals surface area contributed by atoms with E-state index in [1.807, 2.05) is 31.2 Å². The van der Waals surface area contributed by atoms with Gasteiger partial charge in [-0.15, -0.1) is 0 Å². The standard InChI is InChI=1S/C41H55N6O6.2BrH/c1-4-46(31-36-16-8-10-18-38(36)44(50)51)26-14-6-12-24-42-33(3)28-40(48)43(41(42)49)25-13-7-15-27-47(5-2,30-35-22-20-34(29-46)21-23-35)32-37-17-9-11-19-39(37)45(52)53;;/h8-11,16-23H,4-7,12-15,24-32H2,1-3H3;2*1H/q+3;;/p-2. The van der Waals surface area contributed by atoms with Crippen LogP contribution in [0.15, 0.2) is 72.8 Å². The summed E-state index contributed by atoms with van der Waals surface area (Å²) >= 11 is 0. The van der Waals surface area contributed by atoms with Gasteiger partial charge in [0.1, 0.15) is 32.6 Å². The van der Waals surface area contributed by atoms with Gasteiger partial charge in [0.2, 0.25) is 0 Å². The van der Waals surface area contributed by atoms with Crippen molar-refractivity contribution in [1.82, 2.24) is 4.90 Å². The predicted molar refractivity (Wildman–Crippen MR) is 204 cm³/mol. The number of halogens is 2. The van der Waals surface area contributed by atoms with Crippen LogP contribution in [-0.4, -0.2) is 85.2 Å². The zero-order valence-electron chi connectivity index (χ0n) is 32.3. The van der Waals surface area contributed by atoms with Gasteiger partial charge in [-0.05, 0) is 71.4 Å². The third-order valence-corrected chi connectivity index (χ3v) is 11.4. The summed E-state index contributed by atoms with van der Waals surface area (Å²) in [4.78, 5) is 51.5. The number of quaternary nitrogens is 2. The van der Waals surface area contributed by atoms with Crippen LogP contribution in [0.1, 0.15) is 88.0 Å². The first-order valence-electron chi connectivity index (χ1n) is 19.2. The molecule has 0 spiro atoms. The summed E-state index contributed by atoms with van der Waals surface area (Å²) < 4.78 is 3.04. The number of hydrogen-bond donors (Lipinski definition) is 0. The van der Waals surface area contributed by atoms with Gasteiger partial charge in [0.25, 0.3) is 11.4 Å². The van der Waals surface area contributed by atoms with E-state index in [-0.39, 0.29) is 73.5 Å². The second kappa shape index (κ2) is 20.9. The zero-order chi connectivity index (χ0) is 38.0. The Morgan fingerprint density at radius 1 is 0.673 bits per heavy atom. The van der Waals surface area contributed by atoms with E-state index >= 15 is 0 Å². The van der Waals surface area contributed by atoms with E-state index in [0.29, 0.717) is 60.2 Å². The Morgan fingerprint density at radius 2 is 1.13 bits per heavy atom. The van der Waals surface area contributed by atoms with Gasteiger partial charge < -0.3 is 42.9 Å². The van der Waals surface area contributed by atoms with E-state index in [9.17, 15) is 29.8 Å². The second-order valence-corrected chi connectivity index (χ2v) is 15.0. The Hall–Kier alpha value is -3.85. The molecule has 2 unspecified atom stereocenters. The Kier molecular flexibility index (Phi) is 17.3. The van der Waals surface area contributed by atoms with Gasteiger partial charge in [-0.3, -0.25) is 20.2 Å². The molecule has 3 aliphatic rings. The number of carbonyl (C=O) groups is 2. The zero-order valence-corrected chi connectivity index (χ0v) is 35.5. The van der Waals surface area contributed by atoms with Crippen LogP contribution in [0.2, 0.25) is 0 Å². The molecule has 3 aromatic carbocycles. The number of urea groups is 1. The number of hydrogen-bond acceptors (Lipinski definition) is 6. The Morgan fingerprint density at radius 3 is 1.58 bits per heavy atom. The minimum absolute atomic E-state index is 0. The lowest BCUT2D eigenvalue weighted by Crippen LogP contribution is -3.00. The molecule has 14 heteroatoms. The number of fused-ring (bicyclic) bond motifs is 14. The molecular weight excluding hydrogens is 832 g/mol. The van der Waals surface area contributed by atoms with Crippen molar-refractivity contribution in [2.75, 3.05) is 39.3 Å². The normalized spacial score (nSPS) is 21.5. The molecule has 298 valence electrons. The maximum absolute atomic E-state index is 13.6. The van der Waals surface area contributed by atoms with Crippen LogP contribution in [-0.2, 0) is 31.0 Å². The van der Waals surface area contributed by atoms with E-state index < -0.39 is 0 Å². The molecule has 3 aliphatic heterocycles. The van der Waals surface area contributed by atoms with Crippen molar-refractivity contribution in [2.24, 2.45) is 0 Å². The highest BCUT2D eigenvalue weighted by molar-refractivity contribution is 6.07. The first-order valence-corrected chi connectivity index (χ1v) is 19.2. The lowest BCUT2D eigenvalue weighted by Gasteiger charge is -2.39. The van der Waals surface area contributed by atoms with Gasteiger partial charge >= 0.3 is 11.9 Å². The average Bonchev–Trinajstić information content (AvgIpc) is 3.14. The van der Waals surface area contributed by atoms with Crippen LogP contribution in [0, 0.1) is 20.2 Å². The van der Waals surface area contributed by atoms with Gasteiger partial charge in [-0.25, -0.2) is 4.79 Å². The summed E-state index contributed by atoms with van der Waals surface area (Å²) in [5.74, 6) is -0.152. The van der Waals surface area contributed by atoms with Crippen LogP contribution in [0.3, 0.4) is 0 Å². The smallest absolute Gasteiger partial charge is 0.500 e. The minimum Gasteiger partial charge on any atom is -1.00 e. The third kappa shape index (κ3) is 11.6. The first kappa shape index (κ1) is 45.5. The molecule has 0 aromatic heterocycles. The van der Waals surface area contributed by atoms with Crippen LogP contribution < -0.4 is 34.0 Å². The highest BCUT2D eigenvalue weighted by atomic mass is 79.9. The van der Waals surface area contributed by atoms with Crippen molar-refractivity contribution in [2.45, 2.75) is 91.9 Å². The molecule has 12 nitrogen and oxygen atoms in total. The fourth-order valence-corrected chi connectivity index (χ4v) is 8.20. The SMILES string of the molecule is CC[N+]1(Cc2ccccc2[N+](=O)[O-])CCCCCN2C(=O)CC(C)=[N+](CCCCC[N+](CC)(Cc3ccccc3[N+](=O)[O-])Cc3ccc(cc3)C1)C2=O.[Br-].[Br-]. The first-order chi connectivity index (χ1) is 25.5. The molecule has 0 saturated heterocycles. The minimum atomic E-state index is -0.303. The van der Waals surface area contributed by atoms with Gasteiger partial charge in [-0.2, -0.15) is 14.3 Å². The van der Waals surface area contributed by atoms with Crippen molar-refractivity contribution in [3.8, 4) is 0 Å². The summed E-state index contributed by atoms with van der Waals surface area (Å²) in [6.07, 6.45) is 5.18. The van der Waals surface area contributed by atoms with E-state index in [1.165, 1.54) is 4.90 Å². The van der Waals surface area contributed by atoms with Crippen LogP contribution >= 0.6 is 0 Å². The summed E-state index contributed by atoms with van der Waals surface area (Å²) in [6, 6.07) is 22.5. The van der Waals surface area contributed by atoms with Crippen molar-refractivity contribution in [3.63, 3.8) is 0 Å². The van der Waals surface area contributed by atoms with Crippen LogP contribution in [0.25, 0.3) is 0 Å². The molecule has 6 rings (SSSR count). The number of nitrogens with zero attached hydrogens (tertiary/aromatic N) is 6. The number of amides is 3. The number of benzene rings is 3. The summed E-state index contributed by atoms with van der Waals surface area (Å²) in [5, 5.41) is 24.0. The molecule has 3 aromatic rings. The largest absolute Gasteiger partial charge is 1.00 e. The molecule has 3 heterocycles. The molecule has 0 aliphatic carbocycles. The van der Waals surface area contributed by atoms with Gasteiger partial charge in [0, 0.05) is 23.3 Å². The molecule has 4 bridgehead atoms. The maximum atomic E-state index is 13.6. The highest BCUT2D eigenvalue weighted by Crippen LogP contribution is 2.29. The van der Waals surface area contributed by atoms with E-state index in [2.05, 4.69) is 38.1 Å². The molecule has 0 saturated carbocycles. The Labute approximate surface area is 345 Å².